The Morgan fingerprint density at radius 3 is 2.61 bits per heavy atom. The Morgan fingerprint density at radius 2 is 1.94 bits per heavy atom. The van der Waals surface area contributed by atoms with Gasteiger partial charge in [-0.25, -0.2) is 9.79 Å². The van der Waals surface area contributed by atoms with Crippen LogP contribution in [0.1, 0.15) is 37.9 Å². The molecular weight excluding hydrogens is 434 g/mol. The molecule has 4 rings (SSSR count). The van der Waals surface area contributed by atoms with Gasteiger partial charge in [-0.05, 0) is 56.2 Å². The van der Waals surface area contributed by atoms with Gasteiger partial charge >= 0.3 is 5.97 Å². The van der Waals surface area contributed by atoms with Crippen LogP contribution in [0, 0.1) is 0 Å². The highest BCUT2D eigenvalue weighted by atomic mass is 35.5. The maximum Gasteiger partial charge on any atom is 0.338 e. The first-order valence-electron chi connectivity index (χ1n) is 9.75. The third-order valence-corrected chi connectivity index (χ3v) is 6.12. The number of carbonyl (C=O) groups is 1. The molecule has 0 fully saturated rings. The molecule has 1 aromatic carbocycles. The molecule has 3 aromatic rings. The maximum atomic E-state index is 13.5. The first-order chi connectivity index (χ1) is 14.9. The molecule has 0 saturated carbocycles. The SMILES string of the molecule is CC1=C(C(=O)OC(C)C)C(c2ccccc2Cl)n2c(sc(=Cc3ccncc3)c2=O)=N1. The van der Waals surface area contributed by atoms with Crippen LogP contribution < -0.4 is 14.9 Å². The van der Waals surface area contributed by atoms with E-state index in [1.165, 1.54) is 15.9 Å². The van der Waals surface area contributed by atoms with Crippen molar-refractivity contribution in [3.05, 3.63) is 95.9 Å². The van der Waals surface area contributed by atoms with Gasteiger partial charge in [0.15, 0.2) is 4.80 Å². The van der Waals surface area contributed by atoms with Crippen LogP contribution in [0.3, 0.4) is 0 Å². The molecule has 1 aliphatic rings. The average Bonchev–Trinajstić information content (AvgIpc) is 3.02. The van der Waals surface area contributed by atoms with Gasteiger partial charge in [0, 0.05) is 17.4 Å². The molecule has 158 valence electrons. The van der Waals surface area contributed by atoms with E-state index in [1.807, 2.05) is 30.3 Å². The largest absolute Gasteiger partial charge is 0.459 e. The van der Waals surface area contributed by atoms with Crippen molar-refractivity contribution >= 4 is 35.0 Å². The Labute approximate surface area is 187 Å². The van der Waals surface area contributed by atoms with Crippen LogP contribution in [0.4, 0.5) is 0 Å². The monoisotopic (exact) mass is 453 g/mol. The molecule has 1 aliphatic heterocycles. The lowest BCUT2D eigenvalue weighted by Gasteiger charge is -2.26. The minimum Gasteiger partial charge on any atom is -0.459 e. The lowest BCUT2D eigenvalue weighted by molar-refractivity contribution is -0.143. The summed E-state index contributed by atoms with van der Waals surface area (Å²) < 4.78 is 7.52. The van der Waals surface area contributed by atoms with E-state index in [9.17, 15) is 9.59 Å². The second kappa shape index (κ2) is 8.61. The number of halogens is 1. The topological polar surface area (TPSA) is 73.6 Å². The Kier molecular flexibility index (Phi) is 5.89. The Hall–Kier alpha value is -3.03. The number of fused-ring (bicyclic) bond motifs is 1. The van der Waals surface area contributed by atoms with Crippen LogP contribution in [0.15, 0.2) is 69.8 Å². The number of thiazole rings is 1. The van der Waals surface area contributed by atoms with E-state index < -0.39 is 12.0 Å². The van der Waals surface area contributed by atoms with Gasteiger partial charge in [0.2, 0.25) is 0 Å². The second-order valence-electron chi connectivity index (χ2n) is 7.34. The summed E-state index contributed by atoms with van der Waals surface area (Å²) in [5.74, 6) is -0.510. The molecule has 0 N–H and O–H groups in total. The minimum absolute atomic E-state index is 0.243. The summed E-state index contributed by atoms with van der Waals surface area (Å²) in [4.78, 5) is 35.6. The number of carbonyl (C=O) groups excluding carboxylic acids is 1. The van der Waals surface area contributed by atoms with E-state index in [0.29, 0.717) is 31.2 Å². The third-order valence-electron chi connectivity index (χ3n) is 4.79. The van der Waals surface area contributed by atoms with E-state index in [-0.39, 0.29) is 11.7 Å². The summed E-state index contributed by atoms with van der Waals surface area (Å²) in [7, 11) is 0. The summed E-state index contributed by atoms with van der Waals surface area (Å²) in [5.41, 5.74) is 2.07. The maximum absolute atomic E-state index is 13.5. The molecule has 2 aromatic heterocycles. The Morgan fingerprint density at radius 1 is 1.23 bits per heavy atom. The van der Waals surface area contributed by atoms with Crippen molar-refractivity contribution in [3.8, 4) is 0 Å². The van der Waals surface area contributed by atoms with Crippen molar-refractivity contribution < 1.29 is 9.53 Å². The van der Waals surface area contributed by atoms with E-state index in [0.717, 1.165) is 5.56 Å². The zero-order valence-electron chi connectivity index (χ0n) is 17.2. The van der Waals surface area contributed by atoms with Crippen molar-refractivity contribution in [3.63, 3.8) is 0 Å². The van der Waals surface area contributed by atoms with Gasteiger partial charge in [-0.2, -0.15) is 0 Å². The molecule has 0 spiro atoms. The van der Waals surface area contributed by atoms with Gasteiger partial charge in [0.05, 0.1) is 21.9 Å². The zero-order chi connectivity index (χ0) is 22.1. The average molecular weight is 454 g/mol. The smallest absolute Gasteiger partial charge is 0.338 e. The highest BCUT2D eigenvalue weighted by Gasteiger charge is 2.34. The first kappa shape index (κ1) is 21.2. The van der Waals surface area contributed by atoms with E-state index in [2.05, 4.69) is 9.98 Å². The van der Waals surface area contributed by atoms with Crippen molar-refractivity contribution in [1.82, 2.24) is 9.55 Å². The lowest BCUT2D eigenvalue weighted by Crippen LogP contribution is -2.40. The minimum atomic E-state index is -0.726. The fraction of sp³-hybridized carbons (Fsp3) is 0.217. The van der Waals surface area contributed by atoms with Gasteiger partial charge in [-0.15, -0.1) is 0 Å². The van der Waals surface area contributed by atoms with Crippen molar-refractivity contribution in [2.75, 3.05) is 0 Å². The summed E-state index contributed by atoms with van der Waals surface area (Å²) in [6.07, 6.45) is 4.82. The molecule has 6 nitrogen and oxygen atoms in total. The molecule has 0 bridgehead atoms. The molecule has 0 aliphatic carbocycles. The molecule has 31 heavy (non-hydrogen) atoms. The summed E-state index contributed by atoms with van der Waals surface area (Å²) in [6, 6.07) is 10.1. The van der Waals surface area contributed by atoms with Gasteiger partial charge in [0.1, 0.15) is 6.04 Å². The van der Waals surface area contributed by atoms with Gasteiger partial charge in [-0.1, -0.05) is 41.1 Å². The van der Waals surface area contributed by atoms with Crippen molar-refractivity contribution in [2.45, 2.75) is 32.9 Å². The zero-order valence-corrected chi connectivity index (χ0v) is 18.8. The number of pyridine rings is 1. The number of ether oxygens (including phenoxy) is 1. The third kappa shape index (κ3) is 4.11. The van der Waals surface area contributed by atoms with Crippen LogP contribution in [-0.4, -0.2) is 21.6 Å². The number of esters is 1. The van der Waals surface area contributed by atoms with Crippen LogP contribution in [-0.2, 0) is 9.53 Å². The normalized spacial score (nSPS) is 16.3. The fourth-order valence-corrected chi connectivity index (χ4v) is 4.75. The van der Waals surface area contributed by atoms with Gasteiger partial charge in [-0.3, -0.25) is 14.3 Å². The van der Waals surface area contributed by atoms with Gasteiger partial charge < -0.3 is 4.74 Å². The van der Waals surface area contributed by atoms with Crippen LogP contribution >= 0.6 is 22.9 Å². The van der Waals surface area contributed by atoms with Crippen LogP contribution in [0.25, 0.3) is 6.08 Å². The molecule has 0 saturated heterocycles. The van der Waals surface area contributed by atoms with Crippen LogP contribution in [0.2, 0.25) is 5.02 Å². The van der Waals surface area contributed by atoms with Crippen LogP contribution in [0.5, 0.6) is 0 Å². The number of hydrogen-bond acceptors (Lipinski definition) is 6. The number of hydrogen-bond donors (Lipinski definition) is 0. The number of aromatic nitrogens is 2. The van der Waals surface area contributed by atoms with Crippen molar-refractivity contribution in [2.24, 2.45) is 4.99 Å². The standard InChI is InChI=1S/C23H20ClN3O3S/c1-13(2)30-22(29)19-14(3)26-23-27(20(19)16-6-4-5-7-17(16)24)21(28)18(31-23)12-15-8-10-25-11-9-15/h4-13,20H,1-3H3. The number of allylic oxidation sites excluding steroid dienone is 1. The van der Waals surface area contributed by atoms with Crippen molar-refractivity contribution in [1.29, 1.82) is 0 Å². The molecule has 1 unspecified atom stereocenters. The molecule has 8 heteroatoms. The second-order valence-corrected chi connectivity index (χ2v) is 8.75. The summed E-state index contributed by atoms with van der Waals surface area (Å²) >= 11 is 7.78. The number of rotatable bonds is 4. The predicted octanol–water partition coefficient (Wildman–Crippen LogP) is 3.24. The summed E-state index contributed by atoms with van der Waals surface area (Å²) in [5, 5.41) is 0.459. The number of benzene rings is 1. The quantitative estimate of drug-likeness (QED) is 0.568. The van der Waals surface area contributed by atoms with Gasteiger partial charge in [0.25, 0.3) is 5.56 Å². The highest BCUT2D eigenvalue weighted by molar-refractivity contribution is 7.07. The summed E-state index contributed by atoms with van der Waals surface area (Å²) in [6.45, 7) is 5.31. The lowest BCUT2D eigenvalue weighted by atomic mass is 9.96. The Balaban J connectivity index is 1.98. The van der Waals surface area contributed by atoms with E-state index in [4.69, 9.17) is 16.3 Å². The van der Waals surface area contributed by atoms with E-state index in [1.54, 1.807) is 45.3 Å². The molecule has 0 radical (unpaired) electrons. The number of nitrogens with zero attached hydrogens (tertiary/aromatic N) is 3. The fourth-order valence-electron chi connectivity index (χ4n) is 3.46. The Bertz CT molecular complexity index is 1360. The molecular formula is C23H20ClN3O3S. The highest BCUT2D eigenvalue weighted by Crippen LogP contribution is 2.34. The predicted molar refractivity (Wildman–Crippen MR) is 121 cm³/mol. The molecule has 0 amide bonds. The molecule has 3 heterocycles. The molecule has 1 atom stereocenters. The first-order valence-corrected chi connectivity index (χ1v) is 10.9. The van der Waals surface area contributed by atoms with E-state index >= 15 is 0 Å².